The highest BCUT2D eigenvalue weighted by Crippen LogP contribution is 2.42. The van der Waals surface area contributed by atoms with E-state index in [-0.39, 0.29) is 29.6 Å². The van der Waals surface area contributed by atoms with E-state index in [1.165, 1.54) is 5.56 Å². The van der Waals surface area contributed by atoms with Gasteiger partial charge in [0.1, 0.15) is 6.04 Å². The van der Waals surface area contributed by atoms with Gasteiger partial charge in [0.15, 0.2) is 0 Å². The fourth-order valence-corrected chi connectivity index (χ4v) is 4.64. The average molecular weight is 445 g/mol. The molecule has 1 unspecified atom stereocenters. The van der Waals surface area contributed by atoms with Gasteiger partial charge in [-0.3, -0.25) is 9.59 Å². The van der Waals surface area contributed by atoms with Crippen LogP contribution in [-0.4, -0.2) is 45.4 Å². The number of carbonyl (C=O) groups excluding carboxylic acids is 2. The minimum atomic E-state index is -0.543. The number of aromatic nitrogens is 2. The van der Waals surface area contributed by atoms with E-state index in [4.69, 9.17) is 11.6 Å². The number of benzene rings is 1. The molecule has 0 radical (unpaired) electrons. The van der Waals surface area contributed by atoms with Gasteiger partial charge in [-0.25, -0.2) is 4.98 Å². The van der Waals surface area contributed by atoms with Crippen LogP contribution in [0.2, 0.25) is 5.02 Å². The SMILES string of the molecule is CC(C)[C@@H](NC(=O)Cc1cn(C)cn1)C(=O)N1CCC(c2ccc(Cl)cc2)C(C)(C)C1. The Labute approximate surface area is 190 Å². The molecule has 1 aromatic heterocycles. The summed E-state index contributed by atoms with van der Waals surface area (Å²) in [6.07, 6.45) is 4.53. The molecule has 2 amide bonds. The molecule has 31 heavy (non-hydrogen) atoms. The Morgan fingerprint density at radius 1 is 1.26 bits per heavy atom. The van der Waals surface area contributed by atoms with E-state index >= 15 is 0 Å². The van der Waals surface area contributed by atoms with E-state index in [2.05, 4.69) is 36.3 Å². The second-order valence-corrected chi connectivity index (χ2v) is 10.1. The summed E-state index contributed by atoms with van der Waals surface area (Å²) in [5, 5.41) is 3.69. The van der Waals surface area contributed by atoms with Gasteiger partial charge in [0.25, 0.3) is 0 Å². The standard InChI is InChI=1S/C24H33ClN4O2/c1-16(2)22(27-21(30)12-19-13-28(5)15-26-19)23(31)29-11-10-20(24(3,4)14-29)17-6-8-18(25)9-7-17/h6-9,13,15-16,20,22H,10-12,14H2,1-5H3,(H,27,30)/t20?,22-/m1/s1. The number of halogens is 1. The number of piperidine rings is 1. The molecule has 0 spiro atoms. The lowest BCUT2D eigenvalue weighted by Gasteiger charge is -2.45. The molecule has 0 saturated carbocycles. The summed E-state index contributed by atoms with van der Waals surface area (Å²) in [6.45, 7) is 9.67. The van der Waals surface area contributed by atoms with Crippen LogP contribution in [0.3, 0.4) is 0 Å². The minimum absolute atomic E-state index is 0.00252. The van der Waals surface area contributed by atoms with Gasteiger partial charge < -0.3 is 14.8 Å². The molecule has 0 bridgehead atoms. The second-order valence-electron chi connectivity index (χ2n) is 9.64. The first-order valence-electron chi connectivity index (χ1n) is 10.9. The van der Waals surface area contributed by atoms with Gasteiger partial charge in [-0.2, -0.15) is 0 Å². The van der Waals surface area contributed by atoms with Crippen molar-refractivity contribution in [1.29, 1.82) is 0 Å². The van der Waals surface area contributed by atoms with Crippen LogP contribution in [-0.2, 0) is 23.1 Å². The first kappa shape index (κ1) is 23.3. The van der Waals surface area contributed by atoms with E-state index in [1.807, 2.05) is 44.1 Å². The summed E-state index contributed by atoms with van der Waals surface area (Å²) in [6, 6.07) is 7.48. The third-order valence-electron chi connectivity index (χ3n) is 6.16. The number of likely N-dealkylation sites (tertiary alicyclic amines) is 1. The second kappa shape index (κ2) is 9.43. The Morgan fingerprint density at radius 3 is 2.48 bits per heavy atom. The summed E-state index contributed by atoms with van der Waals surface area (Å²) in [5.74, 6) is 0.162. The van der Waals surface area contributed by atoms with E-state index in [0.717, 1.165) is 11.4 Å². The highest BCUT2D eigenvalue weighted by molar-refractivity contribution is 6.30. The molecule has 0 aliphatic carbocycles. The van der Waals surface area contributed by atoms with Crippen molar-refractivity contribution < 1.29 is 9.59 Å². The van der Waals surface area contributed by atoms with Crippen LogP contribution < -0.4 is 5.32 Å². The van der Waals surface area contributed by atoms with Crippen molar-refractivity contribution in [2.45, 2.75) is 52.5 Å². The molecule has 2 aromatic rings. The fraction of sp³-hybridized carbons (Fsp3) is 0.542. The van der Waals surface area contributed by atoms with Crippen LogP contribution in [0.4, 0.5) is 0 Å². The first-order chi connectivity index (χ1) is 14.6. The molecule has 1 saturated heterocycles. The first-order valence-corrected chi connectivity index (χ1v) is 11.2. The zero-order valence-electron chi connectivity index (χ0n) is 19.1. The highest BCUT2D eigenvalue weighted by atomic mass is 35.5. The molecule has 3 rings (SSSR count). The number of carbonyl (C=O) groups is 2. The summed E-state index contributed by atoms with van der Waals surface area (Å²) in [5.41, 5.74) is 1.87. The van der Waals surface area contributed by atoms with Crippen molar-refractivity contribution in [3.05, 3.63) is 53.1 Å². The zero-order valence-corrected chi connectivity index (χ0v) is 19.8. The van der Waals surface area contributed by atoms with Crippen molar-refractivity contribution in [3.63, 3.8) is 0 Å². The van der Waals surface area contributed by atoms with Gasteiger partial charge >= 0.3 is 0 Å². The molecule has 2 atom stereocenters. The predicted octanol–water partition coefficient (Wildman–Crippen LogP) is 3.80. The monoisotopic (exact) mass is 444 g/mol. The topological polar surface area (TPSA) is 67.2 Å². The Hall–Kier alpha value is -2.34. The molecule has 6 nitrogen and oxygen atoms in total. The number of nitrogens with zero attached hydrogens (tertiary/aromatic N) is 3. The lowest BCUT2D eigenvalue weighted by atomic mass is 9.70. The number of imidazole rings is 1. The van der Waals surface area contributed by atoms with E-state index in [0.29, 0.717) is 24.7 Å². The van der Waals surface area contributed by atoms with Crippen LogP contribution >= 0.6 is 11.6 Å². The van der Waals surface area contributed by atoms with Crippen molar-refractivity contribution in [3.8, 4) is 0 Å². The Kier molecular flexibility index (Phi) is 7.10. The van der Waals surface area contributed by atoms with Crippen molar-refractivity contribution >= 4 is 23.4 Å². The van der Waals surface area contributed by atoms with Crippen molar-refractivity contribution in [1.82, 2.24) is 19.8 Å². The number of aryl methyl sites for hydroxylation is 1. The van der Waals surface area contributed by atoms with E-state index < -0.39 is 6.04 Å². The zero-order chi connectivity index (χ0) is 22.8. The minimum Gasteiger partial charge on any atom is -0.344 e. The quantitative estimate of drug-likeness (QED) is 0.736. The van der Waals surface area contributed by atoms with Crippen LogP contribution in [0.1, 0.15) is 51.3 Å². The maximum atomic E-state index is 13.4. The smallest absolute Gasteiger partial charge is 0.245 e. The summed E-state index contributed by atoms with van der Waals surface area (Å²) < 4.78 is 1.81. The largest absolute Gasteiger partial charge is 0.344 e. The third-order valence-corrected chi connectivity index (χ3v) is 6.41. The van der Waals surface area contributed by atoms with E-state index in [1.54, 1.807) is 10.9 Å². The molecule has 1 N–H and O–H groups in total. The summed E-state index contributed by atoms with van der Waals surface area (Å²) in [4.78, 5) is 32.1. The van der Waals surface area contributed by atoms with Gasteiger partial charge in [0.2, 0.25) is 11.8 Å². The lowest BCUT2D eigenvalue weighted by molar-refractivity contribution is -0.140. The molecule has 1 aromatic carbocycles. The molecular weight excluding hydrogens is 412 g/mol. The third kappa shape index (κ3) is 5.67. The fourth-order valence-electron chi connectivity index (χ4n) is 4.52. The lowest BCUT2D eigenvalue weighted by Crippen LogP contribution is -2.56. The summed E-state index contributed by atoms with van der Waals surface area (Å²) >= 11 is 6.05. The molecule has 168 valence electrons. The maximum Gasteiger partial charge on any atom is 0.245 e. The summed E-state index contributed by atoms with van der Waals surface area (Å²) in [7, 11) is 1.87. The average Bonchev–Trinajstić information content (AvgIpc) is 3.10. The maximum absolute atomic E-state index is 13.4. The number of hydrogen-bond acceptors (Lipinski definition) is 3. The molecule has 1 aliphatic rings. The van der Waals surface area contributed by atoms with Gasteiger partial charge in [-0.05, 0) is 41.4 Å². The van der Waals surface area contributed by atoms with Crippen LogP contribution in [0, 0.1) is 11.3 Å². The molecule has 7 heteroatoms. The molecule has 2 heterocycles. The molecule has 1 aliphatic heterocycles. The van der Waals surface area contributed by atoms with Gasteiger partial charge in [-0.15, -0.1) is 0 Å². The Balaban J connectivity index is 1.66. The predicted molar refractivity (Wildman–Crippen MR) is 123 cm³/mol. The number of amides is 2. The molecular formula is C24H33ClN4O2. The van der Waals surface area contributed by atoms with Gasteiger partial charge in [-0.1, -0.05) is 51.4 Å². The van der Waals surface area contributed by atoms with Gasteiger partial charge in [0, 0.05) is 31.4 Å². The van der Waals surface area contributed by atoms with Crippen LogP contribution in [0.5, 0.6) is 0 Å². The van der Waals surface area contributed by atoms with Crippen LogP contribution in [0.15, 0.2) is 36.8 Å². The van der Waals surface area contributed by atoms with Crippen molar-refractivity contribution in [2.75, 3.05) is 13.1 Å². The number of rotatable bonds is 6. The number of nitrogens with one attached hydrogen (secondary N) is 1. The molecule has 1 fully saturated rings. The highest BCUT2D eigenvalue weighted by Gasteiger charge is 2.40. The van der Waals surface area contributed by atoms with Gasteiger partial charge in [0.05, 0.1) is 18.4 Å². The van der Waals surface area contributed by atoms with Crippen molar-refractivity contribution in [2.24, 2.45) is 18.4 Å². The number of hydrogen-bond donors (Lipinski definition) is 1. The van der Waals surface area contributed by atoms with E-state index in [9.17, 15) is 9.59 Å². The normalized spacial score (nSPS) is 19.3. The van der Waals surface area contributed by atoms with Crippen LogP contribution in [0.25, 0.3) is 0 Å². The Morgan fingerprint density at radius 2 is 1.94 bits per heavy atom. The Bertz CT molecular complexity index is 920.